The van der Waals surface area contributed by atoms with Crippen LogP contribution in [0.25, 0.3) is 0 Å². The largest absolute Gasteiger partial charge is 0.494 e. The highest BCUT2D eigenvalue weighted by atomic mass is 35.5. The number of hydrogen-bond acceptors (Lipinski definition) is 3. The summed E-state index contributed by atoms with van der Waals surface area (Å²) < 4.78 is 5.18. The topological polar surface area (TPSA) is 34.0 Å². The predicted molar refractivity (Wildman–Crippen MR) is 68.6 cm³/mol. The number of methoxy groups -OCH3 is 1. The first kappa shape index (κ1) is 11.6. The van der Waals surface area contributed by atoms with Crippen LogP contribution in [0.3, 0.4) is 0 Å². The number of azo groups is 1. The van der Waals surface area contributed by atoms with E-state index in [1.54, 1.807) is 19.2 Å². The summed E-state index contributed by atoms with van der Waals surface area (Å²) in [6, 6.07) is 14.7. The highest BCUT2D eigenvalue weighted by Gasteiger charge is 2.00. The van der Waals surface area contributed by atoms with Gasteiger partial charge in [-0.1, -0.05) is 35.9 Å². The van der Waals surface area contributed by atoms with Crippen molar-refractivity contribution in [2.75, 3.05) is 7.11 Å². The van der Waals surface area contributed by atoms with Gasteiger partial charge in [-0.05, 0) is 24.3 Å². The molecule has 17 heavy (non-hydrogen) atoms. The van der Waals surface area contributed by atoms with Gasteiger partial charge in [0.1, 0.15) is 17.1 Å². The van der Waals surface area contributed by atoms with Crippen LogP contribution in [-0.2, 0) is 0 Å². The second-order valence-corrected chi connectivity index (χ2v) is 3.73. The van der Waals surface area contributed by atoms with Crippen molar-refractivity contribution >= 4 is 23.0 Å². The highest BCUT2D eigenvalue weighted by molar-refractivity contribution is 6.32. The maximum absolute atomic E-state index is 5.98. The van der Waals surface area contributed by atoms with Crippen molar-refractivity contribution in [3.05, 3.63) is 53.6 Å². The maximum atomic E-state index is 5.98. The Balaban J connectivity index is 2.29. The standard InChI is InChI=1S/C13H11ClN2O/c1-17-13-9-5-4-8-12(13)16-15-11-7-3-2-6-10(11)14/h2-9H,1H3. The number of benzene rings is 2. The summed E-state index contributed by atoms with van der Waals surface area (Å²) in [6.07, 6.45) is 0. The Bertz CT molecular complexity index is 540. The molecule has 2 aromatic rings. The lowest BCUT2D eigenvalue weighted by Crippen LogP contribution is -1.81. The minimum Gasteiger partial charge on any atom is -0.494 e. The van der Waals surface area contributed by atoms with Gasteiger partial charge in [0, 0.05) is 0 Å². The van der Waals surface area contributed by atoms with Gasteiger partial charge in [-0.2, -0.15) is 0 Å². The summed E-state index contributed by atoms with van der Waals surface area (Å²) in [7, 11) is 1.60. The number of nitrogens with zero attached hydrogens (tertiary/aromatic N) is 2. The first-order valence-electron chi connectivity index (χ1n) is 5.10. The molecule has 4 heteroatoms. The molecule has 0 fully saturated rings. The Morgan fingerprint density at radius 1 is 0.882 bits per heavy atom. The molecule has 0 aliphatic heterocycles. The lowest BCUT2D eigenvalue weighted by atomic mass is 10.3. The lowest BCUT2D eigenvalue weighted by molar-refractivity contribution is 0.416. The van der Waals surface area contributed by atoms with Gasteiger partial charge in [0.05, 0.1) is 12.1 Å². The van der Waals surface area contributed by atoms with E-state index in [1.165, 1.54) is 0 Å². The predicted octanol–water partition coefficient (Wildman–Crippen LogP) is 4.76. The number of para-hydroxylation sites is 1. The molecular weight excluding hydrogens is 236 g/mol. The molecule has 0 aliphatic carbocycles. The van der Waals surface area contributed by atoms with E-state index in [1.807, 2.05) is 36.4 Å². The van der Waals surface area contributed by atoms with Crippen LogP contribution in [0.5, 0.6) is 5.75 Å². The third-order valence-electron chi connectivity index (χ3n) is 2.20. The Kier molecular flexibility index (Phi) is 3.73. The van der Waals surface area contributed by atoms with Gasteiger partial charge < -0.3 is 4.74 Å². The van der Waals surface area contributed by atoms with Crippen LogP contribution >= 0.6 is 11.6 Å². The van der Waals surface area contributed by atoms with Gasteiger partial charge in [0.15, 0.2) is 0 Å². The van der Waals surface area contributed by atoms with Crippen LogP contribution in [-0.4, -0.2) is 7.11 Å². The molecule has 86 valence electrons. The van der Waals surface area contributed by atoms with Gasteiger partial charge in [0.25, 0.3) is 0 Å². The molecule has 3 nitrogen and oxygen atoms in total. The molecule has 0 heterocycles. The monoisotopic (exact) mass is 246 g/mol. The van der Waals surface area contributed by atoms with E-state index in [2.05, 4.69) is 10.2 Å². The van der Waals surface area contributed by atoms with Crippen molar-refractivity contribution < 1.29 is 4.74 Å². The average molecular weight is 247 g/mol. The molecule has 0 saturated carbocycles. The summed E-state index contributed by atoms with van der Waals surface area (Å²) >= 11 is 5.98. The third kappa shape index (κ3) is 2.82. The van der Waals surface area contributed by atoms with E-state index in [9.17, 15) is 0 Å². The molecule has 0 aliphatic rings. The minimum absolute atomic E-state index is 0.575. The van der Waals surface area contributed by atoms with E-state index in [4.69, 9.17) is 16.3 Å². The highest BCUT2D eigenvalue weighted by Crippen LogP contribution is 2.30. The maximum Gasteiger partial charge on any atom is 0.146 e. The average Bonchev–Trinajstić information content (AvgIpc) is 2.38. The molecule has 0 atom stereocenters. The molecule has 2 rings (SSSR count). The second-order valence-electron chi connectivity index (χ2n) is 3.32. The van der Waals surface area contributed by atoms with Crippen molar-refractivity contribution in [2.45, 2.75) is 0 Å². The first-order chi connectivity index (χ1) is 8.31. The fourth-order valence-corrected chi connectivity index (χ4v) is 1.53. The molecule has 0 unspecified atom stereocenters. The zero-order chi connectivity index (χ0) is 12.1. The second kappa shape index (κ2) is 5.46. The summed E-state index contributed by atoms with van der Waals surface area (Å²) in [5.74, 6) is 0.684. The van der Waals surface area contributed by atoms with Crippen molar-refractivity contribution in [1.82, 2.24) is 0 Å². The van der Waals surface area contributed by atoms with E-state index in [-0.39, 0.29) is 0 Å². The van der Waals surface area contributed by atoms with Gasteiger partial charge in [-0.15, -0.1) is 10.2 Å². The van der Waals surface area contributed by atoms with Crippen molar-refractivity contribution in [2.24, 2.45) is 10.2 Å². The smallest absolute Gasteiger partial charge is 0.146 e. The van der Waals surface area contributed by atoms with E-state index in [0.717, 1.165) is 0 Å². The summed E-state index contributed by atoms with van der Waals surface area (Å²) in [4.78, 5) is 0. The van der Waals surface area contributed by atoms with Gasteiger partial charge >= 0.3 is 0 Å². The molecule has 0 radical (unpaired) electrons. The zero-order valence-corrected chi connectivity index (χ0v) is 10.1. The number of rotatable bonds is 3. The van der Waals surface area contributed by atoms with Crippen LogP contribution in [0.4, 0.5) is 11.4 Å². The van der Waals surface area contributed by atoms with Crippen LogP contribution in [0, 0.1) is 0 Å². The van der Waals surface area contributed by atoms with Crippen LogP contribution in [0.1, 0.15) is 0 Å². The summed E-state index contributed by atoms with van der Waals surface area (Å²) in [6.45, 7) is 0. The van der Waals surface area contributed by atoms with E-state index >= 15 is 0 Å². The Labute approximate surface area is 105 Å². The summed E-state index contributed by atoms with van der Waals surface area (Å²) in [5.41, 5.74) is 1.31. The van der Waals surface area contributed by atoms with Crippen molar-refractivity contribution in [1.29, 1.82) is 0 Å². The van der Waals surface area contributed by atoms with Crippen LogP contribution in [0.2, 0.25) is 5.02 Å². The van der Waals surface area contributed by atoms with Crippen LogP contribution in [0.15, 0.2) is 58.8 Å². The molecule has 0 spiro atoms. The Morgan fingerprint density at radius 3 is 2.18 bits per heavy atom. The third-order valence-corrected chi connectivity index (χ3v) is 2.52. The Morgan fingerprint density at radius 2 is 1.47 bits per heavy atom. The molecule has 0 bridgehead atoms. The lowest BCUT2D eigenvalue weighted by Gasteiger charge is -2.02. The molecule has 2 aromatic carbocycles. The van der Waals surface area contributed by atoms with Crippen molar-refractivity contribution in [3.8, 4) is 5.75 Å². The Hall–Kier alpha value is -1.87. The fraction of sp³-hybridized carbons (Fsp3) is 0.0769. The SMILES string of the molecule is COc1ccccc1N=Nc1ccccc1Cl. The van der Waals surface area contributed by atoms with E-state index < -0.39 is 0 Å². The van der Waals surface area contributed by atoms with Gasteiger partial charge in [0.2, 0.25) is 0 Å². The van der Waals surface area contributed by atoms with Crippen molar-refractivity contribution in [3.63, 3.8) is 0 Å². The molecule has 0 N–H and O–H groups in total. The molecular formula is C13H11ClN2O. The van der Waals surface area contributed by atoms with Gasteiger partial charge in [-0.25, -0.2) is 0 Å². The minimum atomic E-state index is 0.575. The van der Waals surface area contributed by atoms with Crippen LogP contribution < -0.4 is 4.74 Å². The fourth-order valence-electron chi connectivity index (χ4n) is 1.35. The summed E-state index contributed by atoms with van der Waals surface area (Å²) in [5, 5.41) is 8.80. The first-order valence-corrected chi connectivity index (χ1v) is 5.48. The van der Waals surface area contributed by atoms with E-state index in [0.29, 0.717) is 22.1 Å². The number of hydrogen-bond donors (Lipinski definition) is 0. The van der Waals surface area contributed by atoms with Gasteiger partial charge in [-0.3, -0.25) is 0 Å². The number of halogens is 1. The zero-order valence-electron chi connectivity index (χ0n) is 9.30. The molecule has 0 aromatic heterocycles. The normalized spacial score (nSPS) is 10.7. The molecule has 0 amide bonds. The quantitative estimate of drug-likeness (QED) is 0.719. The molecule has 0 saturated heterocycles. The number of ether oxygens (including phenoxy) is 1.